The number of aliphatic hydroxyl groups is 3. The van der Waals surface area contributed by atoms with E-state index in [9.17, 15) is 79.2 Å². The van der Waals surface area contributed by atoms with Crippen LogP contribution in [0.15, 0.2) is 85.1 Å². The van der Waals surface area contributed by atoms with Crippen molar-refractivity contribution in [3.8, 4) is 5.75 Å². The van der Waals surface area contributed by atoms with Gasteiger partial charge in [-0.3, -0.25) is 72.9 Å². The van der Waals surface area contributed by atoms with Gasteiger partial charge in [0.1, 0.15) is 48.2 Å². The summed E-state index contributed by atoms with van der Waals surface area (Å²) in [5.41, 5.74) is 8.03. The van der Waals surface area contributed by atoms with E-state index in [1.54, 1.807) is 80.4 Å². The fraction of sp³-hybridized carbons (Fsp3) is 0.523. The van der Waals surface area contributed by atoms with E-state index >= 15 is 14.4 Å². The fourth-order valence-corrected chi connectivity index (χ4v) is 13.6. The average molecular weight is 1440 g/mol. The highest BCUT2D eigenvalue weighted by molar-refractivity contribution is 8.76. The molecule has 100 heavy (non-hydrogen) atoms. The Bertz CT molecular complexity index is 3360. The number of fused-ring (bicyclic) bond motifs is 1. The molecule has 33 nitrogen and oxygen atoms in total. The molecule has 11 atom stereocenters. The van der Waals surface area contributed by atoms with Crippen LogP contribution in [0, 0.1) is 0 Å². The summed E-state index contributed by atoms with van der Waals surface area (Å²) in [6.45, 7) is 1.93. The molecule has 0 bridgehead atoms. The van der Waals surface area contributed by atoms with Crippen molar-refractivity contribution in [1.82, 2.24) is 67.1 Å². The Morgan fingerprint density at radius 2 is 1.13 bits per heavy atom. The van der Waals surface area contributed by atoms with E-state index < -0.39 is 157 Å². The van der Waals surface area contributed by atoms with Gasteiger partial charge in [-0.05, 0) is 81.0 Å². The predicted octanol–water partition coefficient (Wildman–Crippen LogP) is -3.58. The number of aromatic hydroxyl groups is 1. The number of β-amino-alcohol motifs (C(OH)–C–C–N with tert-alkyl or cyclic N) is 1. The van der Waals surface area contributed by atoms with Gasteiger partial charge in [-0.15, -0.1) is 0 Å². The third-order valence-corrected chi connectivity index (χ3v) is 19.1. The van der Waals surface area contributed by atoms with Gasteiger partial charge in [0.25, 0.3) is 0 Å². The number of hydrogen-bond acceptors (Lipinski definition) is 23. The number of benzene rings is 3. The minimum absolute atomic E-state index is 0.0829. The Hall–Kier alpha value is -8.49. The third kappa shape index (κ3) is 26.9. The Balaban J connectivity index is 1.41. The van der Waals surface area contributed by atoms with E-state index in [4.69, 9.17) is 5.73 Å². The maximum Gasteiger partial charge on any atom is 0.328 e. The van der Waals surface area contributed by atoms with Gasteiger partial charge >= 0.3 is 23.9 Å². The normalized spacial score (nSPS) is 22.3. The second kappa shape index (κ2) is 40.7. The Morgan fingerprint density at radius 3 is 1.69 bits per heavy atom. The molecule has 2 aliphatic rings. The van der Waals surface area contributed by atoms with Crippen molar-refractivity contribution < 1.29 is 93.6 Å². The number of phenols is 1. The summed E-state index contributed by atoms with van der Waals surface area (Å²) >= 11 is 0. The number of carboxylic acids is 4. The summed E-state index contributed by atoms with van der Waals surface area (Å²) in [4.78, 5) is 161. The lowest BCUT2D eigenvalue weighted by molar-refractivity contribution is -0.145. The number of nitrogens with one attached hydrogen (secondary N) is 9. The lowest BCUT2D eigenvalue weighted by Crippen LogP contribution is -2.62. The number of aliphatic carboxylic acids is 4. The molecule has 0 aliphatic carbocycles. The van der Waals surface area contributed by atoms with E-state index in [0.29, 0.717) is 34.0 Å². The number of rotatable bonds is 27. The summed E-state index contributed by atoms with van der Waals surface area (Å²) in [5, 5.41) is 105. The standard InChI is InChI=1S/C65H92N14O19S2/c1-38(80)56-64(96)73-51(63(95)75-57(39(2)81)65(97)98)37-100-99-36-50(72-59(91)47(28-40-10-4-3-5-11-40)68-52(83)32-76-20-22-77(33-53(84)85)24-26-79(35-55(88)89)27-25-78(23-21-76)34-54(86)87)62(94)70-48(29-41-15-17-43(82)18-16-41)60(92)71-49(30-42-31-67-45-13-7-6-12-44(42)45)61(93)69-46(58(90)74-56)14-8-9-19-66/h3-7,10-13,15-18,31,38-39,46-52,56-57,67-68,80-83H,8-9,14,19-30,32-37,66H2,1-2H3,(H,69,93)(H,70,94)(H,71,92)(H,72,91)(H,73,96)(H,74,90)(H,75,95)(H,84,85)(H,86,87)(H,88,89)(H,97,98)/t38-,39-,46+,47-,48?,49-,50+,51+,52?,56+,57+/m1/s1. The van der Waals surface area contributed by atoms with Gasteiger partial charge in [0.15, 0.2) is 6.04 Å². The molecular weight excluding hydrogens is 1340 g/mol. The van der Waals surface area contributed by atoms with Crippen LogP contribution in [0.2, 0.25) is 0 Å². The molecule has 0 saturated carbocycles. The molecule has 19 N–H and O–H groups in total. The number of hydrogen-bond donors (Lipinski definition) is 18. The Morgan fingerprint density at radius 1 is 0.600 bits per heavy atom. The molecule has 0 spiro atoms. The summed E-state index contributed by atoms with van der Waals surface area (Å²) < 4.78 is 0. The monoisotopic (exact) mass is 1440 g/mol. The molecule has 3 heterocycles. The number of nitrogens with zero attached hydrogens (tertiary/aromatic N) is 4. The van der Waals surface area contributed by atoms with Crippen molar-refractivity contribution in [3.05, 3.63) is 102 Å². The first-order valence-corrected chi connectivity index (χ1v) is 35.2. The van der Waals surface area contributed by atoms with Crippen LogP contribution in [0.1, 0.15) is 49.8 Å². The summed E-state index contributed by atoms with van der Waals surface area (Å²) in [5.74, 6) is -13.1. The van der Waals surface area contributed by atoms with Gasteiger partial charge < -0.3 is 88.8 Å². The van der Waals surface area contributed by atoms with Crippen LogP contribution in [-0.2, 0) is 72.0 Å². The minimum atomic E-state index is -1.90. The molecule has 1 aromatic heterocycles. The highest BCUT2D eigenvalue weighted by Gasteiger charge is 2.38. The van der Waals surface area contributed by atoms with E-state index in [2.05, 4.69) is 47.5 Å². The number of H-pyrrole nitrogens is 1. The van der Waals surface area contributed by atoms with Crippen molar-refractivity contribution in [2.75, 3.05) is 96.6 Å². The first-order chi connectivity index (χ1) is 47.7. The highest BCUT2D eigenvalue weighted by atomic mass is 33.1. The molecule has 35 heteroatoms. The number of aromatic amines is 1. The number of unbranched alkanes of at least 4 members (excludes halogenated alkanes) is 1. The topological polar surface area (TPSA) is 501 Å². The van der Waals surface area contributed by atoms with Crippen LogP contribution in [-0.4, -0.2) is 294 Å². The molecule has 6 rings (SSSR count). The van der Waals surface area contributed by atoms with Crippen LogP contribution in [0.4, 0.5) is 0 Å². The second-order valence-electron chi connectivity index (χ2n) is 24.6. The van der Waals surface area contributed by atoms with Gasteiger partial charge in [-0.2, -0.15) is 0 Å². The molecular formula is C65H92N14O19S2. The maximum atomic E-state index is 15.3. The number of phenolic OH excluding ortho intramolecular Hbond substituents is 1. The second-order valence-corrected chi connectivity index (χ2v) is 27.2. The van der Waals surface area contributed by atoms with Crippen LogP contribution in [0.5, 0.6) is 5.75 Å². The number of carbonyl (C=O) groups excluding carboxylic acids is 7. The number of aliphatic hydroxyl groups excluding tert-OH is 3. The van der Waals surface area contributed by atoms with Crippen molar-refractivity contribution >= 4 is 97.7 Å². The van der Waals surface area contributed by atoms with Crippen LogP contribution in [0.3, 0.4) is 0 Å². The van der Waals surface area contributed by atoms with Crippen molar-refractivity contribution in [2.45, 2.75) is 119 Å². The number of amides is 7. The predicted molar refractivity (Wildman–Crippen MR) is 368 cm³/mol. The third-order valence-electron chi connectivity index (χ3n) is 16.7. The van der Waals surface area contributed by atoms with Crippen molar-refractivity contribution in [3.63, 3.8) is 0 Å². The smallest absolute Gasteiger partial charge is 0.328 e. The Labute approximate surface area is 584 Å². The lowest BCUT2D eigenvalue weighted by atomic mass is 10.0. The zero-order chi connectivity index (χ0) is 73.0. The number of carbonyl (C=O) groups is 11. The van der Waals surface area contributed by atoms with Crippen molar-refractivity contribution in [1.29, 1.82) is 0 Å². The molecule has 2 unspecified atom stereocenters. The first-order valence-electron chi connectivity index (χ1n) is 32.7. The SMILES string of the molecule is C[C@@H](O)[C@H](NC(=O)[C@@H]1CSSC[C@H](NC(=O)[C@@H](Cc2ccccc2)NC(O)CN2CCN(CC(=O)O)CCN(CC(=O)O)CCN(CC(=O)O)CC2)C(=O)NC(Cc2ccc(O)cc2)C(=O)N[C@H](Cc2c[nH]c3ccccc23)C(=O)N[C@@H](CCCCN)C(=O)N[C@@H]([C@@H](C)O)C(=O)N1)C(=O)O. The Kier molecular flexibility index (Phi) is 32.7. The summed E-state index contributed by atoms with van der Waals surface area (Å²) in [6.07, 6.45) is -3.38. The highest BCUT2D eigenvalue weighted by Crippen LogP contribution is 2.25. The fourth-order valence-electron chi connectivity index (χ4n) is 11.2. The van der Waals surface area contributed by atoms with Gasteiger partial charge in [0.2, 0.25) is 41.4 Å². The van der Waals surface area contributed by atoms with Crippen molar-refractivity contribution in [2.24, 2.45) is 5.73 Å². The largest absolute Gasteiger partial charge is 0.508 e. The molecule has 7 amide bonds. The maximum absolute atomic E-state index is 15.3. The molecule has 2 saturated heterocycles. The molecule has 4 aromatic rings. The van der Waals surface area contributed by atoms with E-state index in [1.165, 1.54) is 31.2 Å². The molecule has 0 radical (unpaired) electrons. The lowest BCUT2D eigenvalue weighted by Gasteiger charge is -2.34. The van der Waals surface area contributed by atoms with Crippen LogP contribution < -0.4 is 48.3 Å². The van der Waals surface area contributed by atoms with E-state index in [1.807, 2.05) is 0 Å². The summed E-state index contributed by atoms with van der Waals surface area (Å²) in [6, 6.07) is 8.27. The van der Waals surface area contributed by atoms with Gasteiger partial charge in [-0.25, -0.2) is 4.79 Å². The molecule has 548 valence electrons. The van der Waals surface area contributed by atoms with Crippen LogP contribution in [0.25, 0.3) is 10.9 Å². The zero-order valence-corrected chi connectivity index (χ0v) is 57.2. The van der Waals surface area contributed by atoms with Gasteiger partial charge in [0.05, 0.1) is 37.9 Å². The summed E-state index contributed by atoms with van der Waals surface area (Å²) in [7, 11) is 1.69. The van der Waals surface area contributed by atoms with E-state index in [0.717, 1.165) is 28.5 Å². The van der Waals surface area contributed by atoms with Gasteiger partial charge in [0, 0.05) is 100 Å². The number of para-hydroxylation sites is 1. The molecule has 3 aromatic carbocycles. The molecule has 2 fully saturated rings. The quantitative estimate of drug-likeness (QED) is 0.0156. The molecule has 2 aliphatic heterocycles. The first kappa shape index (κ1) is 80.5. The average Bonchev–Trinajstić information content (AvgIpc) is 1.59. The number of aromatic nitrogens is 1. The number of nitrogens with two attached hydrogens (primary N) is 1. The van der Waals surface area contributed by atoms with E-state index in [-0.39, 0.29) is 110 Å². The van der Waals surface area contributed by atoms with Crippen LogP contribution >= 0.6 is 21.6 Å². The number of carboxylic acid groups (broad SMARTS) is 4. The minimum Gasteiger partial charge on any atom is -0.508 e. The zero-order valence-electron chi connectivity index (χ0n) is 55.5. The van der Waals surface area contributed by atoms with Gasteiger partial charge in [-0.1, -0.05) is 82.3 Å².